The van der Waals surface area contributed by atoms with Gasteiger partial charge in [-0.15, -0.1) is 0 Å². The molecule has 0 unspecified atom stereocenters. The molecule has 0 aromatic heterocycles. The topological polar surface area (TPSA) is 84.9 Å². The molecule has 0 spiro atoms. The van der Waals surface area contributed by atoms with E-state index in [1.807, 2.05) is 50.2 Å². The van der Waals surface area contributed by atoms with Crippen LogP contribution in [0, 0.1) is 13.8 Å². The lowest BCUT2D eigenvalue weighted by Gasteiger charge is -2.36. The van der Waals surface area contributed by atoms with Crippen LogP contribution in [-0.2, 0) is 20.2 Å². The number of hydrogen-bond acceptors (Lipinski definition) is 5. The molecule has 0 aliphatic carbocycles. The van der Waals surface area contributed by atoms with Gasteiger partial charge in [0.2, 0.25) is 0 Å². The normalized spacial score (nSPS) is 15.5. The summed E-state index contributed by atoms with van der Waals surface area (Å²) in [5, 5.41) is 2.82. The highest BCUT2D eigenvalue weighted by molar-refractivity contribution is 7.92. The Morgan fingerprint density at radius 2 is 1.76 bits per heavy atom. The minimum Gasteiger partial charge on any atom is -0.491 e. The van der Waals surface area contributed by atoms with Crippen LogP contribution in [0.1, 0.15) is 37.5 Å². The van der Waals surface area contributed by atoms with E-state index >= 15 is 0 Å². The van der Waals surface area contributed by atoms with E-state index in [2.05, 4.69) is 26.1 Å². The van der Waals surface area contributed by atoms with E-state index in [-0.39, 0.29) is 30.0 Å². The Balaban J connectivity index is 1.56. The monoisotopic (exact) mass is 522 g/mol. The quantitative estimate of drug-likeness (QED) is 0.453. The molecule has 0 saturated heterocycles. The summed E-state index contributed by atoms with van der Waals surface area (Å²) in [7, 11) is -3.94. The largest absolute Gasteiger partial charge is 0.491 e. The summed E-state index contributed by atoms with van der Waals surface area (Å²) in [5.74, 6) is 0.707. The van der Waals surface area contributed by atoms with E-state index in [1.165, 1.54) is 4.31 Å². The van der Waals surface area contributed by atoms with Gasteiger partial charge in [0, 0.05) is 0 Å². The maximum atomic E-state index is 13.8. The molecule has 1 amide bonds. The number of carbonyl (C=O) groups is 1. The van der Waals surface area contributed by atoms with Gasteiger partial charge in [0.1, 0.15) is 18.1 Å². The van der Waals surface area contributed by atoms with Gasteiger partial charge in [-0.05, 0) is 60.7 Å². The van der Waals surface area contributed by atoms with Crippen molar-refractivity contribution in [3.05, 3.63) is 83.4 Å². The molecule has 0 radical (unpaired) electrons. The molecular formula is C29H34N2O5S. The Kier molecular flexibility index (Phi) is 7.50. The Hall–Kier alpha value is -3.52. The molecule has 1 aliphatic rings. The van der Waals surface area contributed by atoms with E-state index in [0.29, 0.717) is 11.4 Å². The van der Waals surface area contributed by atoms with Crippen molar-refractivity contribution in [2.75, 3.05) is 24.0 Å². The van der Waals surface area contributed by atoms with Crippen molar-refractivity contribution in [3.8, 4) is 11.5 Å². The van der Waals surface area contributed by atoms with E-state index in [4.69, 9.17) is 9.47 Å². The van der Waals surface area contributed by atoms with Gasteiger partial charge in [-0.3, -0.25) is 9.10 Å². The van der Waals surface area contributed by atoms with Crippen LogP contribution in [0.5, 0.6) is 11.5 Å². The minimum atomic E-state index is -3.94. The molecule has 1 atom stereocenters. The van der Waals surface area contributed by atoms with Crippen LogP contribution in [0.25, 0.3) is 0 Å². The van der Waals surface area contributed by atoms with Crippen LogP contribution in [-0.4, -0.2) is 40.1 Å². The minimum absolute atomic E-state index is 0.138. The Bertz CT molecular complexity index is 1380. The van der Waals surface area contributed by atoms with Crippen molar-refractivity contribution in [2.45, 2.75) is 51.0 Å². The first-order chi connectivity index (χ1) is 17.5. The van der Waals surface area contributed by atoms with Crippen molar-refractivity contribution in [2.24, 2.45) is 0 Å². The zero-order valence-electron chi connectivity index (χ0n) is 21.9. The van der Waals surface area contributed by atoms with Gasteiger partial charge in [-0.1, -0.05) is 62.7 Å². The number of nitrogens with zero attached hydrogens (tertiary/aromatic N) is 1. The van der Waals surface area contributed by atoms with Crippen LogP contribution in [0.4, 0.5) is 5.69 Å². The van der Waals surface area contributed by atoms with Gasteiger partial charge < -0.3 is 14.8 Å². The summed E-state index contributed by atoms with van der Waals surface area (Å²) in [5.41, 5.74) is 3.17. The molecule has 8 heteroatoms. The van der Waals surface area contributed by atoms with Crippen LogP contribution >= 0.6 is 0 Å². The summed E-state index contributed by atoms with van der Waals surface area (Å²) in [6.45, 7) is 10.4. The van der Waals surface area contributed by atoms with Gasteiger partial charge >= 0.3 is 0 Å². The molecular weight excluding hydrogens is 488 g/mol. The smallest absolute Gasteiger partial charge is 0.264 e. The number of sulfonamides is 1. The molecule has 37 heavy (non-hydrogen) atoms. The van der Waals surface area contributed by atoms with Crippen LogP contribution in [0.15, 0.2) is 71.6 Å². The third kappa shape index (κ3) is 5.91. The molecule has 7 nitrogen and oxygen atoms in total. The van der Waals surface area contributed by atoms with Gasteiger partial charge in [0.25, 0.3) is 15.9 Å². The van der Waals surface area contributed by atoms with E-state index < -0.39 is 22.0 Å². The number of aryl methyl sites for hydroxylation is 2. The predicted molar refractivity (Wildman–Crippen MR) is 145 cm³/mol. The first-order valence-corrected chi connectivity index (χ1v) is 13.8. The highest BCUT2D eigenvalue weighted by atomic mass is 32.2. The fourth-order valence-electron chi connectivity index (χ4n) is 4.09. The average molecular weight is 523 g/mol. The predicted octanol–water partition coefficient (Wildman–Crippen LogP) is 4.75. The maximum Gasteiger partial charge on any atom is 0.264 e. The Morgan fingerprint density at radius 3 is 2.43 bits per heavy atom. The number of fused-ring (bicyclic) bond motifs is 1. The molecule has 0 fully saturated rings. The third-order valence-corrected chi connectivity index (χ3v) is 8.14. The van der Waals surface area contributed by atoms with Gasteiger partial charge in [-0.25, -0.2) is 8.42 Å². The van der Waals surface area contributed by atoms with E-state index in [1.54, 1.807) is 30.3 Å². The number of para-hydroxylation sites is 1. The highest BCUT2D eigenvalue weighted by Crippen LogP contribution is 2.40. The van der Waals surface area contributed by atoms with Gasteiger partial charge in [0.15, 0.2) is 6.10 Å². The van der Waals surface area contributed by atoms with Gasteiger partial charge in [0.05, 0.1) is 23.7 Å². The first-order valence-electron chi connectivity index (χ1n) is 12.3. The molecule has 196 valence electrons. The molecule has 3 aromatic carbocycles. The number of amides is 1. The van der Waals surface area contributed by atoms with Crippen LogP contribution in [0.2, 0.25) is 0 Å². The second kappa shape index (κ2) is 10.5. The Morgan fingerprint density at radius 1 is 1.05 bits per heavy atom. The van der Waals surface area contributed by atoms with Gasteiger partial charge in [-0.2, -0.15) is 0 Å². The zero-order valence-corrected chi connectivity index (χ0v) is 22.8. The second-order valence-corrected chi connectivity index (χ2v) is 12.2. The zero-order chi connectivity index (χ0) is 26.8. The van der Waals surface area contributed by atoms with Crippen molar-refractivity contribution >= 4 is 21.6 Å². The first kappa shape index (κ1) is 26.5. The summed E-state index contributed by atoms with van der Waals surface area (Å²) in [6, 6.07) is 19.8. The molecule has 0 saturated carbocycles. The number of carbonyl (C=O) groups excluding carboxylic acids is 1. The van der Waals surface area contributed by atoms with Crippen molar-refractivity contribution in [1.82, 2.24) is 5.32 Å². The molecule has 1 N–H and O–H groups in total. The second-order valence-electron chi connectivity index (χ2n) is 10.3. The van der Waals surface area contributed by atoms with Crippen molar-refractivity contribution < 1.29 is 22.7 Å². The van der Waals surface area contributed by atoms with Crippen molar-refractivity contribution in [1.29, 1.82) is 0 Å². The molecule has 1 heterocycles. The SMILES string of the molecule is Cc1ccc(S(=O)(=O)N2C[C@H](C(=O)NCCOc3ccccc3C)Oc3ccc(C(C)(C)C)cc32)cc1. The fourth-order valence-corrected chi connectivity index (χ4v) is 5.55. The number of anilines is 1. The van der Waals surface area contributed by atoms with Crippen LogP contribution < -0.4 is 19.1 Å². The standard InChI is InChI=1S/C29H34N2O5S/c1-20-10-13-23(14-11-20)37(33,34)31-19-27(36-26-15-12-22(18-24(26)31)29(3,4)5)28(32)30-16-17-35-25-9-7-6-8-21(25)2/h6-15,18,27H,16-17,19H2,1-5H3,(H,30,32)/t27-/m1/s1. The lowest BCUT2D eigenvalue weighted by Crippen LogP contribution is -2.51. The number of rotatable bonds is 7. The average Bonchev–Trinajstić information content (AvgIpc) is 2.86. The van der Waals surface area contributed by atoms with Crippen LogP contribution in [0.3, 0.4) is 0 Å². The number of benzene rings is 3. The molecule has 4 rings (SSSR count). The lowest BCUT2D eigenvalue weighted by atomic mass is 9.86. The number of ether oxygens (including phenoxy) is 2. The Labute approximate surface area is 219 Å². The highest BCUT2D eigenvalue weighted by Gasteiger charge is 2.38. The van der Waals surface area contributed by atoms with Crippen molar-refractivity contribution in [3.63, 3.8) is 0 Å². The lowest BCUT2D eigenvalue weighted by molar-refractivity contribution is -0.127. The molecule has 1 aliphatic heterocycles. The molecule has 0 bridgehead atoms. The fraction of sp³-hybridized carbons (Fsp3) is 0.345. The summed E-state index contributed by atoms with van der Waals surface area (Å²) in [4.78, 5) is 13.2. The van der Waals surface area contributed by atoms with E-state index in [0.717, 1.165) is 22.4 Å². The molecule has 3 aromatic rings. The summed E-state index contributed by atoms with van der Waals surface area (Å²) >= 11 is 0. The summed E-state index contributed by atoms with van der Waals surface area (Å²) in [6.07, 6.45) is -1.01. The third-order valence-electron chi connectivity index (χ3n) is 6.35. The number of nitrogens with one attached hydrogen (secondary N) is 1. The van der Waals surface area contributed by atoms with E-state index in [9.17, 15) is 13.2 Å². The summed E-state index contributed by atoms with van der Waals surface area (Å²) < 4.78 is 40.6. The maximum absolute atomic E-state index is 13.8. The number of hydrogen-bond donors (Lipinski definition) is 1.